The fourth-order valence-electron chi connectivity index (χ4n) is 0.340. The maximum Gasteiger partial charge on any atom is 1.00 e. The summed E-state index contributed by atoms with van der Waals surface area (Å²) in [6.45, 7) is 0. The van der Waals surface area contributed by atoms with Crippen molar-refractivity contribution in [1.82, 2.24) is 0 Å². The van der Waals surface area contributed by atoms with Crippen LogP contribution in [0.2, 0.25) is 0 Å². The third kappa shape index (κ3) is 5.73. The van der Waals surface area contributed by atoms with Gasteiger partial charge in [0.15, 0.2) is 10.0 Å². The van der Waals surface area contributed by atoms with E-state index in [1.807, 2.05) is 0 Å². The van der Waals surface area contributed by atoms with Gasteiger partial charge in [-0.05, 0) is 0 Å². The largest absolute Gasteiger partial charge is 1.00 e. The molecule has 0 aliphatic carbocycles. The predicted octanol–water partition coefficient (Wildman–Crippen LogP) is -1.67. The predicted molar refractivity (Wildman–Crippen MR) is 45.0 cm³/mol. The van der Waals surface area contributed by atoms with Crippen molar-refractivity contribution in [2.45, 2.75) is 11.0 Å². The first-order valence-corrected chi connectivity index (χ1v) is 7.51. The molecule has 18 heteroatoms. The molecule has 0 aromatic carbocycles. The Bertz CT molecular complexity index is 666. The molecule has 116 valence electrons. The summed E-state index contributed by atoms with van der Waals surface area (Å²) in [5.41, 5.74) is -12.6. The van der Waals surface area contributed by atoms with E-state index in [-0.39, 0.29) is 18.9 Å². The molecule has 20 heavy (non-hydrogen) atoms. The van der Waals surface area contributed by atoms with Crippen molar-refractivity contribution in [3.05, 3.63) is 4.13 Å². The molecule has 0 saturated carbocycles. The van der Waals surface area contributed by atoms with Crippen LogP contribution < -0.4 is 18.9 Å². The van der Waals surface area contributed by atoms with Crippen LogP contribution in [-0.4, -0.2) is 32.1 Å². The molecule has 0 radical (unpaired) electrons. The molecular formula is C2F7LiN2O5S3. The van der Waals surface area contributed by atoms with Crippen LogP contribution in [0, 0.1) is 0 Å². The van der Waals surface area contributed by atoms with Gasteiger partial charge in [-0.25, -0.2) is 12.6 Å². The van der Waals surface area contributed by atoms with E-state index in [1.54, 1.807) is 0 Å². The summed E-state index contributed by atoms with van der Waals surface area (Å²) in [5.74, 6) is 0. The van der Waals surface area contributed by atoms with E-state index in [9.17, 15) is 51.3 Å². The molecule has 0 aromatic heterocycles. The Hall–Kier alpha value is -0.0826. The van der Waals surface area contributed by atoms with Crippen LogP contribution in [0.3, 0.4) is 0 Å². The monoisotopic (exact) mass is 368 g/mol. The van der Waals surface area contributed by atoms with E-state index in [1.165, 1.54) is 0 Å². The molecule has 0 aliphatic rings. The van der Waals surface area contributed by atoms with Crippen molar-refractivity contribution < 1.29 is 70.1 Å². The van der Waals surface area contributed by atoms with E-state index >= 15 is 0 Å². The second kappa shape index (κ2) is 5.96. The van der Waals surface area contributed by atoms with E-state index in [4.69, 9.17) is 0 Å². The maximum atomic E-state index is 12.6. The van der Waals surface area contributed by atoms with Crippen molar-refractivity contribution >= 4 is 30.3 Å². The van der Waals surface area contributed by atoms with Gasteiger partial charge in [-0.1, -0.05) is 3.77 Å². The van der Waals surface area contributed by atoms with Crippen LogP contribution in [0.25, 0.3) is 4.13 Å². The number of halogens is 7. The van der Waals surface area contributed by atoms with Gasteiger partial charge in [0.1, 0.15) is 10.3 Å². The molecule has 0 aliphatic heterocycles. The second-order valence-corrected chi connectivity index (χ2v) is 7.30. The topological polar surface area (TPSA) is 112 Å². The minimum absolute atomic E-state index is 0. The fraction of sp³-hybridized carbons (Fsp3) is 1.00. The minimum atomic E-state index is -6.82. The third-order valence-electron chi connectivity index (χ3n) is 0.965. The summed E-state index contributed by atoms with van der Waals surface area (Å²) in [6, 6.07) is 0. The van der Waals surface area contributed by atoms with E-state index in [0.29, 0.717) is 0 Å². The van der Waals surface area contributed by atoms with Crippen LogP contribution >= 0.6 is 0 Å². The number of rotatable bonds is 3. The Balaban J connectivity index is 0. The quantitative estimate of drug-likeness (QED) is 0.336. The fourth-order valence-corrected chi connectivity index (χ4v) is 3.31. The third-order valence-corrected chi connectivity index (χ3v) is 5.18. The molecule has 1 unspecified atom stereocenters. The minimum Gasteiger partial charge on any atom is -0.417 e. The Morgan fingerprint density at radius 2 is 1.15 bits per heavy atom. The molecule has 0 amide bonds. The van der Waals surface area contributed by atoms with Gasteiger partial charge < -0.3 is 4.13 Å². The van der Waals surface area contributed by atoms with Crippen LogP contribution in [0.4, 0.5) is 30.2 Å². The van der Waals surface area contributed by atoms with Gasteiger partial charge in [-0.15, -0.1) is 3.89 Å². The van der Waals surface area contributed by atoms with Gasteiger partial charge in [-0.2, -0.15) is 34.8 Å². The summed E-state index contributed by atoms with van der Waals surface area (Å²) in [5, 5.41) is 0. The van der Waals surface area contributed by atoms with Crippen molar-refractivity contribution in [2.75, 3.05) is 0 Å². The molecular weight excluding hydrogens is 368 g/mol. The van der Waals surface area contributed by atoms with Crippen molar-refractivity contribution in [3.8, 4) is 0 Å². The normalized spacial score (nSPS) is 16.9. The molecule has 0 saturated heterocycles. The molecule has 0 bridgehead atoms. The number of sulfonamides is 2. The van der Waals surface area contributed by atoms with Crippen LogP contribution in [-0.2, 0) is 30.3 Å². The maximum absolute atomic E-state index is 12.6. The second-order valence-electron chi connectivity index (χ2n) is 2.42. The van der Waals surface area contributed by atoms with E-state index < -0.39 is 41.4 Å². The van der Waals surface area contributed by atoms with E-state index in [2.05, 4.69) is 0 Å². The van der Waals surface area contributed by atoms with Gasteiger partial charge in [0.05, 0.1) is 0 Å². The number of hydrogen-bond donors (Lipinski definition) is 0. The summed E-state index contributed by atoms with van der Waals surface area (Å²) in [4.78, 5) is 0. The van der Waals surface area contributed by atoms with Crippen LogP contribution in [0.5, 0.6) is 0 Å². The zero-order valence-electron chi connectivity index (χ0n) is 8.81. The van der Waals surface area contributed by atoms with E-state index in [0.717, 1.165) is 7.90 Å². The molecule has 0 N–H and O–H groups in total. The van der Waals surface area contributed by atoms with Gasteiger partial charge in [0.25, 0.3) is 0 Å². The Kier molecular flexibility index (Phi) is 6.62. The summed E-state index contributed by atoms with van der Waals surface area (Å²) < 4.78 is 135. The molecule has 1 atom stereocenters. The molecule has 0 fully saturated rings. The van der Waals surface area contributed by atoms with Crippen LogP contribution in [0.15, 0.2) is 3.77 Å². The average molecular weight is 368 g/mol. The summed E-state index contributed by atoms with van der Waals surface area (Å²) in [6.07, 6.45) is 0. The van der Waals surface area contributed by atoms with Crippen molar-refractivity contribution in [3.63, 3.8) is 0 Å². The first-order chi connectivity index (χ1) is 7.91. The Labute approximate surface area is 119 Å². The number of hydrogen-bond acceptors (Lipinski definition) is 5. The SMILES string of the molecule is O=S(=O)(N=S(=O)(F)[N-]S(=O)(=O)C(F)(F)F)C(F)(F)F.[Li+]. The first kappa shape index (κ1) is 22.2. The standard InChI is InChI=1S/C2F7N2O5S3.Li/c3-1(4,5)17(12,13)10-19(9,16)11-18(14,15)2(6,7)8;/q-1;+1. The zero-order chi connectivity index (χ0) is 15.9. The van der Waals surface area contributed by atoms with Gasteiger partial charge in [0.2, 0.25) is 0 Å². The first-order valence-electron chi connectivity index (χ1n) is 3.26. The Morgan fingerprint density at radius 1 is 0.800 bits per heavy atom. The summed E-state index contributed by atoms with van der Waals surface area (Å²) >= 11 is 0. The zero-order valence-corrected chi connectivity index (χ0v) is 11.3. The molecule has 0 heterocycles. The smallest absolute Gasteiger partial charge is 0.417 e. The van der Waals surface area contributed by atoms with Crippen molar-refractivity contribution in [1.29, 1.82) is 0 Å². The van der Waals surface area contributed by atoms with Crippen molar-refractivity contribution in [2.24, 2.45) is 3.77 Å². The molecule has 0 rings (SSSR count). The molecule has 0 aromatic rings. The average Bonchev–Trinajstić information content (AvgIpc) is 1.93. The molecule has 0 spiro atoms. The van der Waals surface area contributed by atoms with Gasteiger partial charge in [0, 0.05) is 0 Å². The van der Waals surface area contributed by atoms with Gasteiger partial charge in [-0.3, -0.25) is 0 Å². The number of nitrogens with zero attached hydrogens (tertiary/aromatic N) is 2. The Morgan fingerprint density at radius 3 is 1.40 bits per heavy atom. The van der Waals surface area contributed by atoms with Crippen LogP contribution in [0.1, 0.15) is 0 Å². The molecule has 7 nitrogen and oxygen atoms in total. The van der Waals surface area contributed by atoms with Gasteiger partial charge >= 0.3 is 39.9 Å². The summed E-state index contributed by atoms with van der Waals surface area (Å²) in [7, 11) is -20.3. The number of alkyl halides is 6.